The summed E-state index contributed by atoms with van der Waals surface area (Å²) in [7, 11) is 0. The fraction of sp³-hybridized carbons (Fsp3) is 0.500. The fourth-order valence-corrected chi connectivity index (χ4v) is 3.23. The van der Waals surface area contributed by atoms with E-state index in [-0.39, 0.29) is 28.2 Å². The van der Waals surface area contributed by atoms with Gasteiger partial charge in [0.15, 0.2) is 0 Å². The van der Waals surface area contributed by atoms with Gasteiger partial charge in [-0.2, -0.15) is 0 Å². The summed E-state index contributed by atoms with van der Waals surface area (Å²) in [5, 5.41) is 12.2. The van der Waals surface area contributed by atoms with Gasteiger partial charge in [-0.05, 0) is 25.0 Å². The van der Waals surface area contributed by atoms with E-state index >= 15 is 0 Å². The molecule has 1 amide bonds. The average molecular weight is 331 g/mol. The number of carbonyl (C=O) groups excluding carboxylic acids is 1. The van der Waals surface area contributed by atoms with E-state index in [9.17, 15) is 9.59 Å². The van der Waals surface area contributed by atoms with Crippen LogP contribution in [0, 0.1) is 0 Å². The largest absolute Gasteiger partial charge is 0.481 e. The highest BCUT2D eigenvalue weighted by atomic mass is 35.5. The monoisotopic (exact) mass is 330 g/mol. The number of amides is 1. The van der Waals surface area contributed by atoms with Crippen molar-refractivity contribution in [1.29, 1.82) is 0 Å². The zero-order valence-corrected chi connectivity index (χ0v) is 12.9. The van der Waals surface area contributed by atoms with Crippen LogP contribution in [-0.2, 0) is 4.79 Å². The molecular formula is C14H16Cl2N2O3. The molecule has 0 spiro atoms. The molecule has 1 aromatic heterocycles. The number of carboxylic acids is 1. The Labute approximate surface area is 132 Å². The topological polar surface area (TPSA) is 79.3 Å². The van der Waals surface area contributed by atoms with Crippen molar-refractivity contribution < 1.29 is 14.7 Å². The van der Waals surface area contributed by atoms with Crippen LogP contribution in [0.15, 0.2) is 12.1 Å². The number of rotatable bonds is 4. The van der Waals surface area contributed by atoms with Crippen molar-refractivity contribution in [3.63, 3.8) is 0 Å². The molecule has 7 heteroatoms. The molecule has 0 saturated heterocycles. The van der Waals surface area contributed by atoms with Crippen LogP contribution in [0.3, 0.4) is 0 Å². The maximum Gasteiger partial charge on any atom is 0.305 e. The van der Waals surface area contributed by atoms with E-state index in [4.69, 9.17) is 28.3 Å². The zero-order chi connectivity index (χ0) is 15.5. The summed E-state index contributed by atoms with van der Waals surface area (Å²) in [6, 6.07) is 2.83. The first-order chi connectivity index (χ1) is 9.90. The number of carboxylic acid groups (broad SMARTS) is 1. The predicted octanol–water partition coefficient (Wildman–Crippen LogP) is 3.30. The second-order valence-electron chi connectivity index (χ2n) is 5.37. The number of pyridine rings is 1. The van der Waals surface area contributed by atoms with E-state index in [0.717, 1.165) is 19.3 Å². The molecule has 1 saturated carbocycles. The van der Waals surface area contributed by atoms with E-state index in [1.54, 1.807) is 0 Å². The lowest BCUT2D eigenvalue weighted by atomic mass is 9.79. The molecule has 0 bridgehead atoms. The van der Waals surface area contributed by atoms with Gasteiger partial charge in [-0.3, -0.25) is 9.59 Å². The molecule has 0 aromatic carbocycles. The van der Waals surface area contributed by atoms with Gasteiger partial charge in [-0.15, -0.1) is 0 Å². The third-order valence-corrected chi connectivity index (χ3v) is 4.09. The van der Waals surface area contributed by atoms with Crippen LogP contribution < -0.4 is 5.32 Å². The summed E-state index contributed by atoms with van der Waals surface area (Å²) in [5.74, 6) is -1.28. The Morgan fingerprint density at radius 3 is 2.29 bits per heavy atom. The summed E-state index contributed by atoms with van der Waals surface area (Å²) in [4.78, 5) is 27.2. The number of nitrogens with zero attached hydrogens (tertiary/aromatic N) is 1. The number of nitrogens with one attached hydrogen (secondary N) is 1. The third kappa shape index (κ3) is 4.32. The second-order valence-corrected chi connectivity index (χ2v) is 6.14. The van der Waals surface area contributed by atoms with E-state index in [1.165, 1.54) is 12.1 Å². The molecule has 1 aromatic rings. The molecule has 0 aliphatic heterocycles. The average Bonchev–Trinajstić information content (AvgIpc) is 2.37. The van der Waals surface area contributed by atoms with Crippen LogP contribution in [0.4, 0.5) is 0 Å². The number of hydrogen-bond donors (Lipinski definition) is 2. The van der Waals surface area contributed by atoms with Gasteiger partial charge in [0, 0.05) is 5.56 Å². The van der Waals surface area contributed by atoms with Gasteiger partial charge in [0.2, 0.25) is 0 Å². The highest BCUT2D eigenvalue weighted by Gasteiger charge is 2.36. The SMILES string of the molecule is O=C(O)CC1(NC(=O)c2cc(Cl)nc(Cl)c2)CCCCC1. The summed E-state index contributed by atoms with van der Waals surface area (Å²) in [6.07, 6.45) is 4.13. The van der Waals surface area contributed by atoms with Crippen LogP contribution in [0.1, 0.15) is 48.9 Å². The Morgan fingerprint density at radius 1 is 1.19 bits per heavy atom. The molecule has 0 radical (unpaired) electrons. The minimum Gasteiger partial charge on any atom is -0.481 e. The Bertz CT molecular complexity index is 537. The minimum atomic E-state index is -0.914. The standard InChI is InChI=1S/C14H16Cl2N2O3/c15-10-6-9(7-11(16)17-10)13(21)18-14(8-12(19)20)4-2-1-3-5-14/h6-7H,1-5,8H2,(H,18,21)(H,19,20). The van der Waals surface area contributed by atoms with Crippen molar-refractivity contribution in [2.45, 2.75) is 44.1 Å². The van der Waals surface area contributed by atoms with Crippen LogP contribution in [-0.4, -0.2) is 27.5 Å². The number of carbonyl (C=O) groups is 2. The molecular weight excluding hydrogens is 315 g/mol. The molecule has 21 heavy (non-hydrogen) atoms. The van der Waals surface area contributed by atoms with Crippen molar-refractivity contribution >= 4 is 35.1 Å². The van der Waals surface area contributed by atoms with E-state index in [2.05, 4.69) is 10.3 Å². The lowest BCUT2D eigenvalue weighted by Crippen LogP contribution is -2.51. The van der Waals surface area contributed by atoms with Gasteiger partial charge in [-0.1, -0.05) is 42.5 Å². The molecule has 0 unspecified atom stereocenters. The Balaban J connectivity index is 2.19. The van der Waals surface area contributed by atoms with Crippen LogP contribution >= 0.6 is 23.2 Å². The van der Waals surface area contributed by atoms with Crippen molar-refractivity contribution in [3.05, 3.63) is 28.0 Å². The van der Waals surface area contributed by atoms with Crippen LogP contribution in [0.2, 0.25) is 10.3 Å². The van der Waals surface area contributed by atoms with E-state index in [0.29, 0.717) is 12.8 Å². The normalized spacial score (nSPS) is 17.2. The summed E-state index contributed by atoms with van der Waals surface area (Å²) >= 11 is 11.6. The molecule has 1 fully saturated rings. The van der Waals surface area contributed by atoms with E-state index < -0.39 is 11.5 Å². The lowest BCUT2D eigenvalue weighted by molar-refractivity contribution is -0.139. The van der Waals surface area contributed by atoms with Crippen molar-refractivity contribution in [1.82, 2.24) is 10.3 Å². The molecule has 114 valence electrons. The highest BCUT2D eigenvalue weighted by Crippen LogP contribution is 2.31. The number of hydrogen-bond acceptors (Lipinski definition) is 3. The third-order valence-electron chi connectivity index (χ3n) is 3.70. The molecule has 1 aliphatic rings. The van der Waals surface area contributed by atoms with E-state index in [1.807, 2.05) is 0 Å². The summed E-state index contributed by atoms with van der Waals surface area (Å²) < 4.78 is 0. The lowest BCUT2D eigenvalue weighted by Gasteiger charge is -2.37. The van der Waals surface area contributed by atoms with Gasteiger partial charge >= 0.3 is 5.97 Å². The fourth-order valence-electron chi connectivity index (χ4n) is 2.77. The molecule has 5 nitrogen and oxygen atoms in total. The predicted molar refractivity (Wildman–Crippen MR) is 79.8 cm³/mol. The van der Waals surface area contributed by atoms with Gasteiger partial charge in [0.05, 0.1) is 12.0 Å². The van der Waals surface area contributed by atoms with Crippen molar-refractivity contribution in [2.75, 3.05) is 0 Å². The Kier molecular flexibility index (Phi) is 5.06. The Hall–Kier alpha value is -1.33. The first kappa shape index (κ1) is 16.0. The molecule has 2 N–H and O–H groups in total. The molecule has 1 aliphatic carbocycles. The quantitative estimate of drug-likeness (QED) is 0.830. The maximum atomic E-state index is 12.4. The number of halogens is 2. The number of aliphatic carboxylic acids is 1. The van der Waals surface area contributed by atoms with Gasteiger partial charge in [0.25, 0.3) is 5.91 Å². The van der Waals surface area contributed by atoms with Crippen LogP contribution in [0.25, 0.3) is 0 Å². The first-order valence-electron chi connectivity index (χ1n) is 6.78. The van der Waals surface area contributed by atoms with Crippen molar-refractivity contribution in [3.8, 4) is 0 Å². The van der Waals surface area contributed by atoms with Gasteiger partial charge < -0.3 is 10.4 Å². The van der Waals surface area contributed by atoms with Crippen LogP contribution in [0.5, 0.6) is 0 Å². The van der Waals surface area contributed by atoms with Gasteiger partial charge in [-0.25, -0.2) is 4.98 Å². The Morgan fingerprint density at radius 2 is 1.76 bits per heavy atom. The second kappa shape index (κ2) is 6.62. The molecule has 2 rings (SSSR count). The molecule has 0 atom stereocenters. The highest BCUT2D eigenvalue weighted by molar-refractivity contribution is 6.33. The molecule has 1 heterocycles. The first-order valence-corrected chi connectivity index (χ1v) is 7.53. The summed E-state index contributed by atoms with van der Waals surface area (Å²) in [6.45, 7) is 0. The minimum absolute atomic E-state index is 0.0781. The number of aromatic nitrogens is 1. The maximum absolute atomic E-state index is 12.4. The van der Waals surface area contributed by atoms with Gasteiger partial charge in [0.1, 0.15) is 10.3 Å². The summed E-state index contributed by atoms with van der Waals surface area (Å²) in [5.41, 5.74) is -0.404. The van der Waals surface area contributed by atoms with Crippen molar-refractivity contribution in [2.24, 2.45) is 0 Å². The zero-order valence-electron chi connectivity index (χ0n) is 11.4. The smallest absolute Gasteiger partial charge is 0.305 e.